The first kappa shape index (κ1) is 14.3. The van der Waals surface area contributed by atoms with Gasteiger partial charge in [-0.15, -0.1) is 11.3 Å². The van der Waals surface area contributed by atoms with Gasteiger partial charge in [0.2, 0.25) is 5.76 Å². The van der Waals surface area contributed by atoms with Crippen LogP contribution in [-0.4, -0.2) is 22.8 Å². The van der Waals surface area contributed by atoms with Gasteiger partial charge in [0.25, 0.3) is 0 Å². The van der Waals surface area contributed by atoms with Gasteiger partial charge in [0.05, 0.1) is 18.5 Å². The number of hydrogen-bond donors (Lipinski definition) is 0. The molecule has 0 spiro atoms. The first-order chi connectivity index (χ1) is 10.6. The van der Waals surface area contributed by atoms with Gasteiger partial charge in [0, 0.05) is 5.56 Å². The lowest BCUT2D eigenvalue weighted by atomic mass is 10.2. The highest BCUT2D eigenvalue weighted by Gasteiger charge is 2.19. The molecule has 0 fully saturated rings. The molecule has 0 aliphatic carbocycles. The minimum atomic E-state index is -0.586. The number of thiophene rings is 1. The molecule has 0 unspecified atom stereocenters. The van der Waals surface area contributed by atoms with E-state index in [-0.39, 0.29) is 12.3 Å². The Balaban J connectivity index is 1.96. The van der Waals surface area contributed by atoms with Crippen LogP contribution >= 0.6 is 11.3 Å². The van der Waals surface area contributed by atoms with Crippen LogP contribution in [0.5, 0.6) is 0 Å². The number of ether oxygens (including phenoxy) is 1. The maximum atomic E-state index is 11.8. The smallest absolute Gasteiger partial charge is 0.442 e. The molecule has 0 atom stereocenters. The molecule has 0 aliphatic heterocycles. The maximum Gasteiger partial charge on any atom is 0.442 e. The lowest BCUT2D eigenvalue weighted by Crippen LogP contribution is -2.15. The van der Waals surface area contributed by atoms with Crippen LogP contribution in [0.25, 0.3) is 10.7 Å². The summed E-state index contributed by atoms with van der Waals surface area (Å²) < 4.78 is 16.2. The van der Waals surface area contributed by atoms with E-state index in [0.717, 1.165) is 4.88 Å². The highest BCUT2D eigenvalue weighted by Crippen LogP contribution is 2.23. The summed E-state index contributed by atoms with van der Waals surface area (Å²) in [6.45, 7) is 1.85. The highest BCUT2D eigenvalue weighted by molar-refractivity contribution is 7.13. The van der Waals surface area contributed by atoms with Gasteiger partial charge < -0.3 is 9.15 Å². The minimum Gasteiger partial charge on any atom is -0.463 e. The summed E-state index contributed by atoms with van der Waals surface area (Å²) in [5.41, 5.74) is 0.643. The Hall–Kier alpha value is -2.61. The first-order valence-corrected chi connectivity index (χ1v) is 7.26. The third-order valence-corrected chi connectivity index (χ3v) is 3.95. The van der Waals surface area contributed by atoms with Crippen molar-refractivity contribution in [3.63, 3.8) is 0 Å². The molecule has 0 bridgehead atoms. The Bertz CT molecular complexity index is 856. The second-order valence-corrected chi connectivity index (χ2v) is 5.50. The second kappa shape index (κ2) is 5.64. The molecule has 0 aliphatic rings. The van der Waals surface area contributed by atoms with Gasteiger partial charge in [-0.25, -0.2) is 14.2 Å². The van der Waals surface area contributed by atoms with Gasteiger partial charge in [0.15, 0.2) is 5.82 Å². The molecule has 0 radical (unpaired) electrons. The van der Waals surface area contributed by atoms with Crippen molar-refractivity contribution in [2.75, 3.05) is 7.11 Å². The Kier molecular flexibility index (Phi) is 3.68. The third-order valence-electron chi connectivity index (χ3n) is 3.08. The molecule has 0 saturated heterocycles. The summed E-state index contributed by atoms with van der Waals surface area (Å²) in [5, 5.41) is 5.67. The lowest BCUT2D eigenvalue weighted by molar-refractivity contribution is 0.0561. The molecular weight excluding hydrogens is 308 g/mol. The van der Waals surface area contributed by atoms with Crippen LogP contribution in [0.1, 0.15) is 21.9 Å². The van der Waals surface area contributed by atoms with Crippen molar-refractivity contribution in [3.05, 3.63) is 51.2 Å². The SMILES string of the molecule is COC(=O)c1oc(Cn2c(-c3cccs3)noc2=O)cc1C. The predicted octanol–water partition coefficient (Wildman–Crippen LogP) is 2.30. The van der Waals surface area contributed by atoms with Crippen LogP contribution < -0.4 is 5.76 Å². The number of carbonyl (C=O) groups is 1. The summed E-state index contributed by atoms with van der Waals surface area (Å²) >= 11 is 1.44. The van der Waals surface area contributed by atoms with E-state index >= 15 is 0 Å². The molecule has 7 nitrogen and oxygen atoms in total. The van der Waals surface area contributed by atoms with Crippen LogP contribution in [0.2, 0.25) is 0 Å². The lowest BCUT2D eigenvalue weighted by Gasteiger charge is -2.00. The average molecular weight is 320 g/mol. The quantitative estimate of drug-likeness (QED) is 0.685. The summed E-state index contributed by atoms with van der Waals surface area (Å²) in [6.07, 6.45) is 0. The number of esters is 1. The zero-order valence-electron chi connectivity index (χ0n) is 11.9. The third kappa shape index (κ3) is 2.48. The van der Waals surface area contributed by atoms with Crippen molar-refractivity contribution in [2.24, 2.45) is 0 Å². The summed E-state index contributed by atoms with van der Waals surface area (Å²) in [7, 11) is 1.28. The van der Waals surface area contributed by atoms with Gasteiger partial charge in [-0.05, 0) is 24.4 Å². The van der Waals surface area contributed by atoms with Crippen LogP contribution in [0.3, 0.4) is 0 Å². The van der Waals surface area contributed by atoms with Crippen molar-refractivity contribution in [3.8, 4) is 10.7 Å². The van der Waals surface area contributed by atoms with Crippen molar-refractivity contribution in [1.29, 1.82) is 0 Å². The minimum absolute atomic E-state index is 0.118. The molecule has 8 heteroatoms. The van der Waals surface area contributed by atoms with Crippen molar-refractivity contribution in [1.82, 2.24) is 9.72 Å². The topological polar surface area (TPSA) is 87.5 Å². The maximum absolute atomic E-state index is 11.8. The van der Waals surface area contributed by atoms with E-state index in [4.69, 9.17) is 8.94 Å². The number of aryl methyl sites for hydroxylation is 1. The van der Waals surface area contributed by atoms with Crippen LogP contribution in [0.4, 0.5) is 0 Å². The number of rotatable bonds is 4. The number of nitrogens with zero attached hydrogens (tertiary/aromatic N) is 2. The van der Waals surface area contributed by atoms with Crippen LogP contribution in [-0.2, 0) is 11.3 Å². The zero-order valence-corrected chi connectivity index (χ0v) is 12.7. The van der Waals surface area contributed by atoms with Gasteiger partial charge in [-0.2, -0.15) is 0 Å². The Morgan fingerprint density at radius 3 is 3.00 bits per heavy atom. The van der Waals surface area contributed by atoms with Gasteiger partial charge in [-0.1, -0.05) is 11.2 Å². The molecule has 0 aromatic carbocycles. The average Bonchev–Trinajstić information content (AvgIpc) is 3.21. The molecule has 0 N–H and O–H groups in total. The molecule has 3 rings (SSSR count). The first-order valence-electron chi connectivity index (χ1n) is 6.38. The van der Waals surface area contributed by atoms with Crippen LogP contribution in [0.15, 0.2) is 37.3 Å². The normalized spacial score (nSPS) is 10.8. The van der Waals surface area contributed by atoms with Gasteiger partial charge in [0.1, 0.15) is 5.76 Å². The standard InChI is InChI=1S/C14H12N2O5S/c1-8-6-9(20-11(8)13(17)19-2)7-16-12(15-21-14(16)18)10-4-3-5-22-10/h3-6H,7H2,1-2H3. The Labute approximate surface area is 128 Å². The molecule has 3 aromatic heterocycles. The second-order valence-electron chi connectivity index (χ2n) is 4.55. The van der Waals surface area contributed by atoms with Gasteiger partial charge >= 0.3 is 11.7 Å². The Morgan fingerprint density at radius 1 is 1.50 bits per heavy atom. The van der Waals surface area contributed by atoms with Gasteiger partial charge in [-0.3, -0.25) is 4.52 Å². The largest absolute Gasteiger partial charge is 0.463 e. The zero-order chi connectivity index (χ0) is 15.7. The molecular formula is C14H12N2O5S. The van der Waals surface area contributed by atoms with E-state index in [1.807, 2.05) is 17.5 Å². The summed E-state index contributed by atoms with van der Waals surface area (Å²) in [6, 6.07) is 5.38. The number of hydrogen-bond acceptors (Lipinski definition) is 7. The molecule has 0 saturated carbocycles. The van der Waals surface area contributed by atoms with E-state index < -0.39 is 11.7 Å². The van der Waals surface area contributed by atoms with E-state index in [0.29, 0.717) is 17.1 Å². The summed E-state index contributed by atoms with van der Waals surface area (Å²) in [5.74, 6) is -0.147. The predicted molar refractivity (Wildman–Crippen MR) is 78.0 cm³/mol. The fourth-order valence-electron chi connectivity index (χ4n) is 2.07. The molecule has 114 valence electrons. The van der Waals surface area contributed by atoms with Crippen LogP contribution in [0, 0.1) is 6.92 Å². The molecule has 0 amide bonds. The fraction of sp³-hybridized carbons (Fsp3) is 0.214. The van der Waals surface area contributed by atoms with Crippen molar-refractivity contribution >= 4 is 17.3 Å². The molecule has 3 heterocycles. The number of carbonyl (C=O) groups excluding carboxylic acids is 1. The van der Waals surface area contributed by atoms with E-state index in [9.17, 15) is 9.59 Å². The fourth-order valence-corrected chi connectivity index (χ4v) is 2.78. The number of methoxy groups -OCH3 is 1. The molecule has 3 aromatic rings. The van der Waals surface area contributed by atoms with E-state index in [2.05, 4.69) is 9.89 Å². The van der Waals surface area contributed by atoms with Crippen molar-refractivity contribution < 1.29 is 18.5 Å². The van der Waals surface area contributed by atoms with Crippen molar-refractivity contribution in [2.45, 2.75) is 13.5 Å². The molecule has 22 heavy (non-hydrogen) atoms. The summed E-state index contributed by atoms with van der Waals surface area (Å²) in [4.78, 5) is 24.2. The number of aromatic nitrogens is 2. The Morgan fingerprint density at radius 2 is 2.32 bits per heavy atom. The highest BCUT2D eigenvalue weighted by atomic mass is 32.1. The van der Waals surface area contributed by atoms with E-state index in [1.165, 1.54) is 23.0 Å². The number of furan rings is 1. The van der Waals surface area contributed by atoms with E-state index in [1.54, 1.807) is 13.0 Å². The monoisotopic (exact) mass is 320 g/mol.